The Morgan fingerprint density at radius 2 is 1.93 bits per heavy atom. The number of hydrogen-bond acceptors (Lipinski definition) is 5. The van der Waals surface area contributed by atoms with Crippen LogP contribution in [0.5, 0.6) is 11.5 Å². The summed E-state index contributed by atoms with van der Waals surface area (Å²) in [6, 6.07) is 13.4. The first-order chi connectivity index (χ1) is 12.9. The van der Waals surface area contributed by atoms with Crippen LogP contribution in [0.4, 0.5) is 0 Å². The van der Waals surface area contributed by atoms with Gasteiger partial charge in [0.2, 0.25) is 0 Å². The molecule has 0 atom stereocenters. The van der Waals surface area contributed by atoms with Crippen LogP contribution in [0.1, 0.15) is 43.6 Å². The predicted molar refractivity (Wildman–Crippen MR) is 105 cm³/mol. The third kappa shape index (κ3) is 4.70. The maximum Gasteiger partial charge on any atom is 0.499 e. The van der Waals surface area contributed by atoms with E-state index in [0.29, 0.717) is 35.7 Å². The van der Waals surface area contributed by atoms with Crippen molar-refractivity contribution < 1.29 is 23.6 Å². The first-order valence-corrected chi connectivity index (χ1v) is 9.14. The topological polar surface area (TPSA) is 54.0 Å². The molecule has 1 fully saturated rings. The van der Waals surface area contributed by atoms with E-state index < -0.39 is 12.7 Å². The van der Waals surface area contributed by atoms with E-state index in [2.05, 4.69) is 0 Å². The molecule has 5 nitrogen and oxygen atoms in total. The molecule has 0 aliphatic carbocycles. The van der Waals surface area contributed by atoms with Gasteiger partial charge < -0.3 is 18.8 Å². The van der Waals surface area contributed by atoms with E-state index in [4.69, 9.17) is 18.8 Å². The van der Waals surface area contributed by atoms with Crippen LogP contribution in [0.25, 0.3) is 0 Å². The van der Waals surface area contributed by atoms with Gasteiger partial charge in [-0.25, -0.2) is 0 Å². The Kier molecular flexibility index (Phi) is 5.87. The summed E-state index contributed by atoms with van der Waals surface area (Å²) in [5.74, 6) is 1.05. The van der Waals surface area contributed by atoms with Crippen molar-refractivity contribution in [3.8, 4) is 11.5 Å². The van der Waals surface area contributed by atoms with Gasteiger partial charge >= 0.3 is 7.12 Å². The van der Waals surface area contributed by atoms with Crippen LogP contribution in [0, 0.1) is 0 Å². The summed E-state index contributed by atoms with van der Waals surface area (Å²) in [6.45, 7) is 8.59. The molecule has 0 saturated carbocycles. The first kappa shape index (κ1) is 19.5. The molecule has 27 heavy (non-hydrogen) atoms. The van der Waals surface area contributed by atoms with E-state index in [1.165, 1.54) is 0 Å². The average molecular weight is 368 g/mol. The minimum Gasteiger partial charge on any atom is -0.487 e. The molecular formula is C21H25BO5. The number of aldehydes is 1. The van der Waals surface area contributed by atoms with Crippen LogP contribution in [-0.2, 0) is 15.9 Å². The number of carbonyl (C=O) groups excluding carboxylic acids is 1. The van der Waals surface area contributed by atoms with Gasteiger partial charge in [0.25, 0.3) is 0 Å². The normalized spacial score (nSPS) is 15.8. The summed E-state index contributed by atoms with van der Waals surface area (Å²) in [7, 11) is -0.672. The van der Waals surface area contributed by atoms with Gasteiger partial charge in [-0.05, 0) is 45.4 Å². The van der Waals surface area contributed by atoms with E-state index in [0.717, 1.165) is 11.8 Å². The minimum atomic E-state index is -0.672. The lowest BCUT2D eigenvalue weighted by Crippen LogP contribution is -2.38. The quantitative estimate of drug-likeness (QED) is 0.554. The van der Waals surface area contributed by atoms with Crippen molar-refractivity contribution in [2.45, 2.75) is 46.0 Å². The largest absolute Gasteiger partial charge is 0.499 e. The van der Waals surface area contributed by atoms with Gasteiger partial charge in [0.1, 0.15) is 12.9 Å². The fourth-order valence-corrected chi connectivity index (χ4v) is 2.92. The lowest BCUT2D eigenvalue weighted by molar-refractivity contribution is 0.112. The summed E-state index contributed by atoms with van der Waals surface area (Å²) in [4.78, 5) is 11.7. The standard InChI is InChI=1S/C21H25BO5/c1-15(2)26-20-18(24-13-16-8-6-5-7-9-16)11-10-17(12-23)19(20)22-25-14-21(3,4)27-22/h5-12,15H,13-14H2,1-4H3. The second kappa shape index (κ2) is 8.15. The highest BCUT2D eigenvalue weighted by atomic mass is 16.7. The molecule has 0 amide bonds. The van der Waals surface area contributed by atoms with Crippen molar-refractivity contribution in [3.05, 3.63) is 53.6 Å². The van der Waals surface area contributed by atoms with Crippen LogP contribution in [0.3, 0.4) is 0 Å². The molecule has 1 heterocycles. The lowest BCUT2D eigenvalue weighted by atomic mass is 9.75. The van der Waals surface area contributed by atoms with Gasteiger partial charge in [-0.3, -0.25) is 4.79 Å². The summed E-state index contributed by atoms with van der Waals surface area (Å²) in [5.41, 5.74) is 1.67. The maximum absolute atomic E-state index is 11.7. The molecule has 2 aromatic carbocycles. The number of ether oxygens (including phenoxy) is 2. The van der Waals surface area contributed by atoms with Crippen LogP contribution >= 0.6 is 0 Å². The molecule has 1 aliphatic heterocycles. The van der Waals surface area contributed by atoms with Crippen molar-refractivity contribution >= 4 is 18.9 Å². The predicted octanol–water partition coefficient (Wildman–Crippen LogP) is 3.39. The second-order valence-electron chi connectivity index (χ2n) is 7.47. The fraction of sp³-hybridized carbons (Fsp3) is 0.381. The Bertz CT molecular complexity index is 789. The molecule has 6 heteroatoms. The van der Waals surface area contributed by atoms with Gasteiger partial charge in [0, 0.05) is 11.0 Å². The number of benzene rings is 2. The molecule has 0 spiro atoms. The van der Waals surface area contributed by atoms with Crippen LogP contribution in [0.2, 0.25) is 0 Å². The molecule has 3 rings (SSSR count). The molecule has 0 bridgehead atoms. The van der Waals surface area contributed by atoms with Crippen molar-refractivity contribution in [3.63, 3.8) is 0 Å². The zero-order valence-electron chi connectivity index (χ0n) is 16.2. The first-order valence-electron chi connectivity index (χ1n) is 9.14. The van der Waals surface area contributed by atoms with Gasteiger partial charge in [-0.2, -0.15) is 0 Å². The molecule has 0 unspecified atom stereocenters. The Labute approximate surface area is 160 Å². The van der Waals surface area contributed by atoms with Crippen molar-refractivity contribution in [2.75, 3.05) is 6.61 Å². The zero-order valence-corrected chi connectivity index (χ0v) is 16.2. The molecule has 1 saturated heterocycles. The molecule has 1 aliphatic rings. The fourth-order valence-electron chi connectivity index (χ4n) is 2.92. The Morgan fingerprint density at radius 1 is 1.19 bits per heavy atom. The summed E-state index contributed by atoms with van der Waals surface area (Å²) in [5, 5.41) is 0. The lowest BCUT2D eigenvalue weighted by Gasteiger charge is -2.22. The highest BCUT2D eigenvalue weighted by molar-refractivity contribution is 6.64. The van der Waals surface area contributed by atoms with Gasteiger partial charge in [-0.1, -0.05) is 30.3 Å². The number of carbonyl (C=O) groups is 1. The van der Waals surface area contributed by atoms with E-state index >= 15 is 0 Å². The van der Waals surface area contributed by atoms with Gasteiger partial charge in [0.05, 0.1) is 18.3 Å². The molecule has 0 aromatic heterocycles. The van der Waals surface area contributed by atoms with Gasteiger partial charge in [0.15, 0.2) is 11.5 Å². The Morgan fingerprint density at radius 3 is 2.52 bits per heavy atom. The SMILES string of the molecule is CC(C)Oc1c(OCc2ccccc2)ccc(C=O)c1B1OCC(C)(C)O1. The monoisotopic (exact) mass is 368 g/mol. The van der Waals surface area contributed by atoms with E-state index in [9.17, 15) is 4.79 Å². The Hall–Kier alpha value is -2.31. The van der Waals surface area contributed by atoms with E-state index in [1.807, 2.05) is 58.0 Å². The average Bonchev–Trinajstić information content (AvgIpc) is 3.00. The summed E-state index contributed by atoms with van der Waals surface area (Å²) in [6.07, 6.45) is 0.695. The third-order valence-electron chi connectivity index (χ3n) is 4.16. The third-order valence-corrected chi connectivity index (χ3v) is 4.16. The molecular weight excluding hydrogens is 343 g/mol. The Balaban J connectivity index is 1.97. The van der Waals surface area contributed by atoms with Crippen LogP contribution < -0.4 is 14.9 Å². The maximum atomic E-state index is 11.7. The van der Waals surface area contributed by atoms with E-state index in [-0.39, 0.29) is 6.10 Å². The molecule has 0 N–H and O–H groups in total. The highest BCUT2D eigenvalue weighted by Crippen LogP contribution is 2.31. The molecule has 2 aromatic rings. The van der Waals surface area contributed by atoms with Crippen molar-refractivity contribution in [1.82, 2.24) is 0 Å². The van der Waals surface area contributed by atoms with Crippen molar-refractivity contribution in [1.29, 1.82) is 0 Å². The zero-order chi connectivity index (χ0) is 19.4. The molecule has 0 radical (unpaired) electrons. The summed E-state index contributed by atoms with van der Waals surface area (Å²) >= 11 is 0. The van der Waals surface area contributed by atoms with Crippen LogP contribution in [0.15, 0.2) is 42.5 Å². The molecule has 142 valence electrons. The minimum absolute atomic E-state index is 0.0980. The second-order valence-corrected chi connectivity index (χ2v) is 7.47. The number of rotatable bonds is 7. The highest BCUT2D eigenvalue weighted by Gasteiger charge is 2.42. The number of hydrogen-bond donors (Lipinski definition) is 0. The summed E-state index contributed by atoms with van der Waals surface area (Å²) < 4.78 is 23.9. The smallest absolute Gasteiger partial charge is 0.487 e. The van der Waals surface area contributed by atoms with E-state index in [1.54, 1.807) is 12.1 Å². The van der Waals surface area contributed by atoms with Gasteiger partial charge in [-0.15, -0.1) is 0 Å². The van der Waals surface area contributed by atoms with Crippen LogP contribution in [-0.4, -0.2) is 31.7 Å². The van der Waals surface area contributed by atoms with Crippen molar-refractivity contribution in [2.24, 2.45) is 0 Å².